The molecule has 9 heteroatoms. The first kappa shape index (κ1) is 30.1. The third kappa shape index (κ3) is 3.56. The van der Waals surface area contributed by atoms with E-state index in [2.05, 4.69) is 11.8 Å². The Morgan fingerprint density at radius 1 is 1.00 bits per heavy atom. The first-order valence-electron chi connectivity index (χ1n) is 16.2. The van der Waals surface area contributed by atoms with Crippen LogP contribution in [0.5, 0.6) is 0 Å². The van der Waals surface area contributed by atoms with E-state index in [9.17, 15) is 9.90 Å². The fourth-order valence-electron chi connectivity index (χ4n) is 12.3. The fourth-order valence-corrected chi connectivity index (χ4v) is 12.3. The first-order valence-corrected chi connectivity index (χ1v) is 16.2. The molecule has 13 atom stereocenters. The van der Waals surface area contributed by atoms with Gasteiger partial charge in [-0.15, -0.1) is 0 Å². The minimum Gasteiger partial charge on any atom is -0.455 e. The SMILES string of the molecule is CCO[C@]12C[C@H](OC)[C@]3(O)C[C@H]([C@@H]1[C@H]3OC(=O)c1ccccc1)[C@@]13[C@@H](OC)CC[C@@]4(COC)CN(CC)[C@@H]1[C@@H]2[C@H](OC)[C@H]43. The molecule has 0 amide bonds. The molecule has 0 aromatic heterocycles. The lowest BCUT2D eigenvalue weighted by atomic mass is 9.43. The molecule has 1 aromatic carbocycles. The molecule has 43 heavy (non-hydrogen) atoms. The van der Waals surface area contributed by atoms with E-state index < -0.39 is 29.4 Å². The van der Waals surface area contributed by atoms with Crippen molar-refractivity contribution in [2.45, 2.75) is 81.2 Å². The standard InChI is InChI=1S/C34H49NO8/c1-7-35-18-31(19-38-3)15-14-22(39-4)34-21-16-32(37)23(40-5)17-33(42-8-2,25(28(34)35)26(41-6)27(31)34)24(21)29(32)43-30(36)20-12-10-9-11-13-20/h9-13,21-29,37H,7-8,14-19H2,1-6H3/t21-,22+,23+,24-,25+,26+,27-,28-,29-,31+,32-,33-,34+/m1/s1. The van der Waals surface area contributed by atoms with Gasteiger partial charge in [0.25, 0.3) is 0 Å². The number of methoxy groups -OCH3 is 4. The summed E-state index contributed by atoms with van der Waals surface area (Å²) in [5.74, 6) is -0.602. The molecule has 0 unspecified atom stereocenters. The Hall–Kier alpha value is -1.59. The largest absolute Gasteiger partial charge is 0.455 e. The van der Waals surface area contributed by atoms with Gasteiger partial charge in [-0.25, -0.2) is 4.79 Å². The third-order valence-corrected chi connectivity index (χ3v) is 13.1. The Balaban J connectivity index is 1.47. The van der Waals surface area contributed by atoms with Gasteiger partial charge in [0.2, 0.25) is 0 Å². The Bertz CT molecular complexity index is 1220. The van der Waals surface area contributed by atoms with Gasteiger partial charge in [0.1, 0.15) is 11.7 Å². The molecule has 5 saturated carbocycles. The lowest BCUT2D eigenvalue weighted by Crippen LogP contribution is -2.77. The quantitative estimate of drug-likeness (QED) is 0.407. The average Bonchev–Trinajstić information content (AvgIpc) is 3.39. The molecule has 0 radical (unpaired) electrons. The number of ether oxygens (including phenoxy) is 6. The number of carbonyl (C=O) groups excluding carboxylic acids is 1. The predicted octanol–water partition coefficient (Wildman–Crippen LogP) is 3.18. The summed E-state index contributed by atoms with van der Waals surface area (Å²) < 4.78 is 38.9. The molecule has 238 valence electrons. The van der Waals surface area contributed by atoms with Crippen molar-refractivity contribution in [2.24, 2.45) is 34.5 Å². The molecule has 1 spiro atoms. The summed E-state index contributed by atoms with van der Waals surface area (Å²) in [6.45, 7) is 7.25. The van der Waals surface area contributed by atoms with Crippen LogP contribution in [0.4, 0.5) is 0 Å². The highest BCUT2D eigenvalue weighted by atomic mass is 16.6. The van der Waals surface area contributed by atoms with Gasteiger partial charge in [-0.05, 0) is 50.8 Å². The van der Waals surface area contributed by atoms with Crippen molar-refractivity contribution in [3.05, 3.63) is 35.9 Å². The molecule has 1 saturated heterocycles. The molecule has 1 aliphatic heterocycles. The van der Waals surface area contributed by atoms with Gasteiger partial charge in [0.15, 0.2) is 0 Å². The Morgan fingerprint density at radius 2 is 1.74 bits per heavy atom. The van der Waals surface area contributed by atoms with Gasteiger partial charge in [-0.1, -0.05) is 25.1 Å². The van der Waals surface area contributed by atoms with Crippen LogP contribution in [0.15, 0.2) is 30.3 Å². The Morgan fingerprint density at radius 3 is 2.37 bits per heavy atom. The molecule has 6 aliphatic rings. The van der Waals surface area contributed by atoms with E-state index >= 15 is 0 Å². The highest BCUT2D eigenvalue weighted by molar-refractivity contribution is 5.89. The van der Waals surface area contributed by atoms with Gasteiger partial charge < -0.3 is 33.5 Å². The molecule has 5 aliphatic carbocycles. The number of esters is 1. The number of benzene rings is 1. The van der Waals surface area contributed by atoms with E-state index in [0.717, 1.165) is 25.9 Å². The number of hydrogen-bond donors (Lipinski definition) is 1. The molecule has 9 nitrogen and oxygen atoms in total. The van der Waals surface area contributed by atoms with Crippen LogP contribution in [-0.2, 0) is 28.4 Å². The maximum atomic E-state index is 13.7. The number of likely N-dealkylation sites (tertiary alicyclic amines) is 1. The minimum absolute atomic E-state index is 0.0311. The number of fused-ring (bicyclic) bond motifs is 2. The predicted molar refractivity (Wildman–Crippen MR) is 158 cm³/mol. The zero-order valence-electron chi connectivity index (χ0n) is 26.5. The lowest BCUT2D eigenvalue weighted by Gasteiger charge is -2.69. The molecule has 1 heterocycles. The lowest BCUT2D eigenvalue weighted by molar-refractivity contribution is -0.293. The molecule has 6 fully saturated rings. The van der Waals surface area contributed by atoms with Crippen molar-refractivity contribution < 1.29 is 38.3 Å². The molecular weight excluding hydrogens is 550 g/mol. The highest BCUT2D eigenvalue weighted by Crippen LogP contribution is 2.80. The summed E-state index contributed by atoms with van der Waals surface area (Å²) in [5.41, 5.74) is -2.09. The summed E-state index contributed by atoms with van der Waals surface area (Å²) in [5, 5.41) is 12.8. The van der Waals surface area contributed by atoms with E-state index in [1.165, 1.54) is 0 Å². The fraction of sp³-hybridized carbons (Fsp3) is 0.794. The van der Waals surface area contributed by atoms with Crippen LogP contribution >= 0.6 is 0 Å². The van der Waals surface area contributed by atoms with Crippen molar-refractivity contribution in [3.8, 4) is 0 Å². The van der Waals surface area contributed by atoms with Gasteiger partial charge in [0.05, 0.1) is 36.1 Å². The van der Waals surface area contributed by atoms with Gasteiger partial charge in [-0.2, -0.15) is 0 Å². The van der Waals surface area contributed by atoms with Crippen LogP contribution in [0.1, 0.15) is 49.9 Å². The summed E-state index contributed by atoms with van der Waals surface area (Å²) in [6.07, 6.45) is 1.36. The van der Waals surface area contributed by atoms with E-state index in [1.807, 2.05) is 46.5 Å². The normalized spacial score (nSPS) is 49.2. The van der Waals surface area contributed by atoms with Crippen molar-refractivity contribution in [1.82, 2.24) is 4.90 Å². The Labute approximate surface area is 255 Å². The summed E-state index contributed by atoms with van der Waals surface area (Å²) in [7, 11) is 7.16. The monoisotopic (exact) mass is 599 g/mol. The topological polar surface area (TPSA) is 95.9 Å². The summed E-state index contributed by atoms with van der Waals surface area (Å²) >= 11 is 0. The van der Waals surface area contributed by atoms with Gasteiger partial charge >= 0.3 is 5.97 Å². The second kappa shape index (κ2) is 10.5. The molecular formula is C34H49NO8. The smallest absolute Gasteiger partial charge is 0.338 e. The van der Waals surface area contributed by atoms with Gasteiger partial charge in [-0.3, -0.25) is 4.90 Å². The van der Waals surface area contributed by atoms with Crippen LogP contribution < -0.4 is 0 Å². The second-order valence-corrected chi connectivity index (χ2v) is 14.1. The van der Waals surface area contributed by atoms with Crippen molar-refractivity contribution in [3.63, 3.8) is 0 Å². The average molecular weight is 600 g/mol. The maximum absolute atomic E-state index is 13.7. The molecule has 7 rings (SSSR count). The minimum atomic E-state index is -1.36. The third-order valence-electron chi connectivity index (χ3n) is 13.1. The number of aliphatic hydroxyl groups is 1. The van der Waals surface area contributed by atoms with Crippen LogP contribution in [0.2, 0.25) is 0 Å². The van der Waals surface area contributed by atoms with E-state index in [4.69, 9.17) is 28.4 Å². The van der Waals surface area contributed by atoms with Crippen LogP contribution in [0.3, 0.4) is 0 Å². The molecule has 1 aromatic rings. The number of piperidine rings is 1. The number of rotatable bonds is 10. The van der Waals surface area contributed by atoms with E-state index in [0.29, 0.717) is 31.6 Å². The summed E-state index contributed by atoms with van der Waals surface area (Å²) in [4.78, 5) is 16.4. The molecule has 7 bridgehead atoms. The van der Waals surface area contributed by atoms with Crippen molar-refractivity contribution >= 4 is 5.97 Å². The zero-order chi connectivity index (χ0) is 30.4. The zero-order valence-corrected chi connectivity index (χ0v) is 26.5. The van der Waals surface area contributed by atoms with Crippen LogP contribution in [0, 0.1) is 34.5 Å². The van der Waals surface area contributed by atoms with Crippen LogP contribution in [0.25, 0.3) is 0 Å². The van der Waals surface area contributed by atoms with Crippen LogP contribution in [-0.4, -0.2) is 112 Å². The number of hydrogen-bond acceptors (Lipinski definition) is 9. The highest BCUT2D eigenvalue weighted by Gasteiger charge is 2.89. The number of carbonyl (C=O) groups is 1. The maximum Gasteiger partial charge on any atom is 0.338 e. The van der Waals surface area contributed by atoms with Gasteiger partial charge in [0, 0.05) is 82.6 Å². The summed E-state index contributed by atoms with van der Waals surface area (Å²) in [6, 6.07) is 9.19. The second-order valence-electron chi connectivity index (χ2n) is 14.1. The van der Waals surface area contributed by atoms with Crippen molar-refractivity contribution in [1.29, 1.82) is 0 Å². The van der Waals surface area contributed by atoms with E-state index in [1.54, 1.807) is 19.2 Å². The number of nitrogens with zero attached hydrogens (tertiary/aromatic N) is 1. The van der Waals surface area contributed by atoms with E-state index in [-0.39, 0.29) is 52.8 Å². The Kier molecular flexibility index (Phi) is 7.33. The van der Waals surface area contributed by atoms with Crippen molar-refractivity contribution in [2.75, 3.05) is 54.7 Å². The molecule has 1 N–H and O–H groups in total. The first-order chi connectivity index (χ1) is 20.8.